The van der Waals surface area contributed by atoms with Gasteiger partial charge in [-0.15, -0.1) is 11.8 Å². The van der Waals surface area contributed by atoms with Crippen LogP contribution in [0.3, 0.4) is 0 Å². The van der Waals surface area contributed by atoms with E-state index >= 15 is 0 Å². The lowest BCUT2D eigenvalue weighted by molar-refractivity contribution is -0.119. The molecular weight excluding hydrogens is 184 g/mol. The number of amides is 1. The van der Waals surface area contributed by atoms with Gasteiger partial charge in [0.05, 0.1) is 5.25 Å². The van der Waals surface area contributed by atoms with E-state index in [4.69, 9.17) is 0 Å². The number of hydrogen-bond acceptors (Lipinski definition) is 3. The van der Waals surface area contributed by atoms with Gasteiger partial charge in [-0.3, -0.25) is 9.78 Å². The van der Waals surface area contributed by atoms with Gasteiger partial charge in [0.15, 0.2) is 0 Å². The van der Waals surface area contributed by atoms with Crippen LogP contribution < -0.4 is 5.32 Å². The molecule has 0 spiro atoms. The van der Waals surface area contributed by atoms with E-state index in [2.05, 4.69) is 10.3 Å². The molecule has 0 aliphatic carbocycles. The minimum Gasteiger partial charge on any atom is -0.339 e. The molecule has 68 valence electrons. The second kappa shape index (κ2) is 3.38. The first-order valence-corrected chi connectivity index (χ1v) is 5.07. The second-order valence-electron chi connectivity index (χ2n) is 2.95. The van der Waals surface area contributed by atoms with Crippen LogP contribution in [-0.2, 0) is 4.79 Å². The Bertz CT molecular complexity index is 315. The topological polar surface area (TPSA) is 42.0 Å². The molecule has 0 bridgehead atoms. The monoisotopic (exact) mass is 194 g/mol. The van der Waals surface area contributed by atoms with Crippen molar-refractivity contribution in [2.45, 2.75) is 17.5 Å². The van der Waals surface area contributed by atoms with Crippen LogP contribution in [-0.4, -0.2) is 16.1 Å². The number of rotatable bonds is 1. The molecule has 0 radical (unpaired) electrons. The smallest absolute Gasteiger partial charge is 0.234 e. The van der Waals surface area contributed by atoms with Gasteiger partial charge in [0, 0.05) is 18.0 Å². The summed E-state index contributed by atoms with van der Waals surface area (Å²) in [5.41, 5.74) is 1.06. The van der Waals surface area contributed by atoms with Gasteiger partial charge in [0.1, 0.15) is 5.37 Å². The Morgan fingerprint density at radius 2 is 2.46 bits per heavy atom. The molecule has 0 aromatic carbocycles. The van der Waals surface area contributed by atoms with Gasteiger partial charge in [0.2, 0.25) is 5.91 Å². The molecule has 0 saturated carbocycles. The third-order valence-corrected chi connectivity index (χ3v) is 3.25. The lowest BCUT2D eigenvalue weighted by atomic mass is 10.3. The number of thioether (sulfide) groups is 1. The number of pyridine rings is 1. The molecule has 13 heavy (non-hydrogen) atoms. The summed E-state index contributed by atoms with van der Waals surface area (Å²) >= 11 is 1.63. The van der Waals surface area contributed by atoms with Crippen LogP contribution in [0.15, 0.2) is 24.5 Å². The summed E-state index contributed by atoms with van der Waals surface area (Å²) in [7, 11) is 0. The minimum atomic E-state index is 0.0465. The molecule has 1 fully saturated rings. The third-order valence-electron chi connectivity index (χ3n) is 1.97. The van der Waals surface area contributed by atoms with Gasteiger partial charge in [-0.1, -0.05) is 6.07 Å². The van der Waals surface area contributed by atoms with E-state index in [1.807, 2.05) is 19.1 Å². The van der Waals surface area contributed by atoms with Crippen molar-refractivity contribution in [2.24, 2.45) is 0 Å². The Morgan fingerprint density at radius 1 is 1.62 bits per heavy atom. The van der Waals surface area contributed by atoms with Crippen molar-refractivity contribution in [3.05, 3.63) is 30.1 Å². The van der Waals surface area contributed by atoms with Gasteiger partial charge in [-0.25, -0.2) is 0 Å². The molecule has 4 heteroatoms. The number of nitrogens with one attached hydrogen (secondary N) is 1. The van der Waals surface area contributed by atoms with Crippen molar-refractivity contribution in [1.82, 2.24) is 10.3 Å². The summed E-state index contributed by atoms with van der Waals surface area (Å²) in [6, 6.07) is 3.86. The molecule has 3 nitrogen and oxygen atoms in total. The maximum absolute atomic E-state index is 11.2. The molecule has 1 aromatic heterocycles. The lowest BCUT2D eigenvalue weighted by Gasteiger charge is -2.07. The molecular formula is C9H10N2OS. The first kappa shape index (κ1) is 8.56. The standard InChI is InChI=1S/C9H10N2OS/c1-6-8(12)11-9(13-6)7-3-2-4-10-5-7/h2-6,9H,1H3,(H,11,12)/t6-,9-/m0/s1. The summed E-state index contributed by atoms with van der Waals surface area (Å²) in [6.07, 6.45) is 3.52. The molecule has 1 amide bonds. The van der Waals surface area contributed by atoms with Crippen molar-refractivity contribution in [2.75, 3.05) is 0 Å². The Hall–Kier alpha value is -1.03. The number of aromatic nitrogens is 1. The Kier molecular flexibility index (Phi) is 2.22. The SMILES string of the molecule is C[C@@H]1S[C@@H](c2cccnc2)NC1=O. The lowest BCUT2D eigenvalue weighted by Crippen LogP contribution is -2.22. The zero-order chi connectivity index (χ0) is 9.26. The van der Waals surface area contributed by atoms with Crippen LogP contribution in [0.5, 0.6) is 0 Å². The third kappa shape index (κ3) is 1.67. The molecule has 1 aliphatic rings. The highest BCUT2D eigenvalue weighted by atomic mass is 32.2. The van der Waals surface area contributed by atoms with Gasteiger partial charge >= 0.3 is 0 Å². The summed E-state index contributed by atoms with van der Waals surface area (Å²) in [4.78, 5) is 15.2. The van der Waals surface area contributed by atoms with Gasteiger partial charge < -0.3 is 5.32 Å². The fourth-order valence-corrected chi connectivity index (χ4v) is 2.32. The van der Waals surface area contributed by atoms with Crippen LogP contribution in [0.4, 0.5) is 0 Å². The highest BCUT2D eigenvalue weighted by Crippen LogP contribution is 2.34. The minimum absolute atomic E-state index is 0.0465. The highest BCUT2D eigenvalue weighted by Gasteiger charge is 2.29. The van der Waals surface area contributed by atoms with E-state index in [1.165, 1.54) is 0 Å². The first-order valence-electron chi connectivity index (χ1n) is 4.13. The van der Waals surface area contributed by atoms with E-state index < -0.39 is 0 Å². The quantitative estimate of drug-likeness (QED) is 0.733. The van der Waals surface area contributed by atoms with E-state index in [0.29, 0.717) is 0 Å². The predicted molar refractivity (Wildman–Crippen MR) is 52.2 cm³/mol. The van der Waals surface area contributed by atoms with E-state index in [1.54, 1.807) is 24.2 Å². The molecule has 1 N–H and O–H groups in total. The molecule has 2 atom stereocenters. The van der Waals surface area contributed by atoms with E-state index in [0.717, 1.165) is 5.56 Å². The van der Waals surface area contributed by atoms with Gasteiger partial charge in [-0.05, 0) is 13.0 Å². The number of nitrogens with zero attached hydrogens (tertiary/aromatic N) is 1. The summed E-state index contributed by atoms with van der Waals surface area (Å²) < 4.78 is 0. The second-order valence-corrected chi connectivity index (χ2v) is 4.40. The van der Waals surface area contributed by atoms with Crippen molar-refractivity contribution >= 4 is 17.7 Å². The van der Waals surface area contributed by atoms with Gasteiger partial charge in [-0.2, -0.15) is 0 Å². The van der Waals surface area contributed by atoms with Crippen molar-refractivity contribution in [3.63, 3.8) is 0 Å². The van der Waals surface area contributed by atoms with E-state index in [-0.39, 0.29) is 16.5 Å². The maximum Gasteiger partial charge on any atom is 0.234 e. The summed E-state index contributed by atoms with van der Waals surface area (Å²) in [6.45, 7) is 1.91. The Balaban J connectivity index is 2.17. The van der Waals surface area contributed by atoms with Gasteiger partial charge in [0.25, 0.3) is 0 Å². The van der Waals surface area contributed by atoms with Crippen LogP contribution in [0, 0.1) is 0 Å². The molecule has 1 aliphatic heterocycles. The fraction of sp³-hybridized carbons (Fsp3) is 0.333. The van der Waals surface area contributed by atoms with Crippen molar-refractivity contribution in [3.8, 4) is 0 Å². The molecule has 2 heterocycles. The number of hydrogen-bond donors (Lipinski definition) is 1. The predicted octanol–water partition coefficient (Wildman–Crippen LogP) is 1.33. The average Bonchev–Trinajstić information content (AvgIpc) is 2.49. The molecule has 1 aromatic rings. The number of carbonyl (C=O) groups excluding carboxylic acids is 1. The van der Waals surface area contributed by atoms with Crippen molar-refractivity contribution in [1.29, 1.82) is 0 Å². The van der Waals surface area contributed by atoms with Crippen molar-refractivity contribution < 1.29 is 4.79 Å². The van der Waals surface area contributed by atoms with E-state index in [9.17, 15) is 4.79 Å². The molecule has 1 saturated heterocycles. The zero-order valence-electron chi connectivity index (χ0n) is 7.23. The fourth-order valence-electron chi connectivity index (χ4n) is 1.24. The van der Waals surface area contributed by atoms with Crippen LogP contribution in [0.1, 0.15) is 17.9 Å². The Morgan fingerprint density at radius 3 is 3.00 bits per heavy atom. The normalized spacial score (nSPS) is 27.3. The summed E-state index contributed by atoms with van der Waals surface area (Å²) in [5.74, 6) is 0.110. The molecule has 0 unspecified atom stereocenters. The van der Waals surface area contributed by atoms with Crippen LogP contribution in [0.2, 0.25) is 0 Å². The highest BCUT2D eigenvalue weighted by molar-refractivity contribution is 8.01. The first-order chi connectivity index (χ1) is 6.27. The zero-order valence-corrected chi connectivity index (χ0v) is 8.04. The number of carbonyl (C=O) groups is 1. The van der Waals surface area contributed by atoms with Crippen LogP contribution in [0.25, 0.3) is 0 Å². The molecule has 2 rings (SSSR count). The largest absolute Gasteiger partial charge is 0.339 e. The summed E-state index contributed by atoms with van der Waals surface area (Å²) in [5, 5.41) is 3.03. The maximum atomic E-state index is 11.2. The Labute approximate surface area is 80.9 Å². The average molecular weight is 194 g/mol. The van der Waals surface area contributed by atoms with Crippen LogP contribution >= 0.6 is 11.8 Å².